The Balaban J connectivity index is 2.91. The van der Waals surface area contributed by atoms with E-state index >= 15 is 0 Å². The Hall–Kier alpha value is -0.900. The summed E-state index contributed by atoms with van der Waals surface area (Å²) in [6.45, 7) is 10.0. The number of nitrogens with zero attached hydrogens (tertiary/aromatic N) is 1. The molecule has 0 aromatic rings. The third-order valence-electron chi connectivity index (χ3n) is 3.86. The summed E-state index contributed by atoms with van der Waals surface area (Å²) >= 11 is 0. The van der Waals surface area contributed by atoms with Gasteiger partial charge in [-0.2, -0.15) is 0 Å². The molecule has 2 nitrogen and oxygen atoms in total. The Morgan fingerprint density at radius 3 is 2.40 bits per heavy atom. The standard InChI is InChI=1S/C16H28F2N2/c1-4-6-15(20-9-7-19-8-10-20)11-14(12-16(17)18)13(3)5-2/h6,11,13,16,19H,4-5,7-10,12H2,1-3H3/b14-11-,15-6+. The lowest BCUT2D eigenvalue weighted by molar-refractivity contribution is 0.145. The molecule has 1 atom stereocenters. The maximum absolute atomic E-state index is 12.8. The van der Waals surface area contributed by atoms with E-state index in [0.717, 1.165) is 50.3 Å². The van der Waals surface area contributed by atoms with Crippen molar-refractivity contribution in [3.63, 3.8) is 0 Å². The number of rotatable bonds is 7. The molecule has 1 heterocycles. The quantitative estimate of drug-likeness (QED) is 0.716. The largest absolute Gasteiger partial charge is 0.369 e. The van der Waals surface area contributed by atoms with E-state index < -0.39 is 6.43 Å². The Kier molecular flexibility index (Phi) is 7.82. The lowest BCUT2D eigenvalue weighted by atomic mass is 9.94. The average molecular weight is 286 g/mol. The van der Waals surface area contributed by atoms with Crippen LogP contribution in [0.15, 0.2) is 23.4 Å². The molecule has 116 valence electrons. The second-order valence-electron chi connectivity index (χ2n) is 5.40. The minimum atomic E-state index is -2.26. The summed E-state index contributed by atoms with van der Waals surface area (Å²) < 4.78 is 25.6. The number of nitrogens with one attached hydrogen (secondary N) is 1. The molecule has 0 aromatic carbocycles. The van der Waals surface area contributed by atoms with Crippen LogP contribution in [0.25, 0.3) is 0 Å². The first kappa shape index (κ1) is 17.2. The van der Waals surface area contributed by atoms with Crippen LogP contribution in [0, 0.1) is 5.92 Å². The smallest absolute Gasteiger partial charge is 0.242 e. The number of piperazine rings is 1. The molecule has 20 heavy (non-hydrogen) atoms. The lowest BCUT2D eigenvalue weighted by Crippen LogP contribution is -2.42. The number of alkyl halides is 2. The van der Waals surface area contributed by atoms with Crippen LogP contribution < -0.4 is 5.32 Å². The third-order valence-corrected chi connectivity index (χ3v) is 3.86. The lowest BCUT2D eigenvalue weighted by Gasteiger charge is -2.31. The van der Waals surface area contributed by atoms with Crippen LogP contribution in [-0.2, 0) is 0 Å². The molecule has 0 bridgehead atoms. The van der Waals surface area contributed by atoms with E-state index in [1.807, 2.05) is 13.0 Å². The molecule has 0 spiro atoms. The number of halogens is 2. The molecule has 1 saturated heterocycles. The summed E-state index contributed by atoms with van der Waals surface area (Å²) in [7, 11) is 0. The fourth-order valence-corrected chi connectivity index (χ4v) is 2.44. The second-order valence-corrected chi connectivity index (χ2v) is 5.40. The first-order valence-corrected chi connectivity index (χ1v) is 7.72. The van der Waals surface area contributed by atoms with Crippen LogP contribution in [-0.4, -0.2) is 37.5 Å². The van der Waals surface area contributed by atoms with Crippen molar-refractivity contribution in [1.29, 1.82) is 0 Å². The minimum absolute atomic E-state index is 0.109. The highest BCUT2D eigenvalue weighted by atomic mass is 19.3. The summed E-state index contributed by atoms with van der Waals surface area (Å²) in [5, 5.41) is 3.32. The van der Waals surface area contributed by atoms with E-state index in [1.54, 1.807) is 0 Å². The van der Waals surface area contributed by atoms with Crippen LogP contribution in [0.3, 0.4) is 0 Å². The average Bonchev–Trinajstić information content (AvgIpc) is 2.45. The molecule has 1 aliphatic heterocycles. The van der Waals surface area contributed by atoms with E-state index in [9.17, 15) is 8.78 Å². The summed E-state index contributed by atoms with van der Waals surface area (Å²) in [6, 6.07) is 0. The summed E-state index contributed by atoms with van der Waals surface area (Å²) in [5.41, 5.74) is 1.99. The SMILES string of the molecule is CC/C=C(\C=C(\CC(F)F)C(C)CC)N1CCNCC1. The molecule has 1 fully saturated rings. The fraction of sp³-hybridized carbons (Fsp3) is 0.750. The van der Waals surface area contributed by atoms with Gasteiger partial charge in [0.2, 0.25) is 6.43 Å². The number of allylic oxidation sites excluding steroid dienone is 3. The van der Waals surface area contributed by atoms with Gasteiger partial charge in [0.25, 0.3) is 0 Å². The summed E-state index contributed by atoms with van der Waals surface area (Å²) in [5.74, 6) is 0.215. The molecule has 0 aliphatic carbocycles. The highest BCUT2D eigenvalue weighted by Crippen LogP contribution is 2.24. The van der Waals surface area contributed by atoms with Gasteiger partial charge in [0, 0.05) is 38.3 Å². The van der Waals surface area contributed by atoms with E-state index in [-0.39, 0.29) is 12.3 Å². The van der Waals surface area contributed by atoms with Gasteiger partial charge in [-0.1, -0.05) is 32.4 Å². The Labute approximate surface area is 121 Å². The molecular formula is C16H28F2N2. The number of hydrogen-bond donors (Lipinski definition) is 1. The van der Waals surface area contributed by atoms with Gasteiger partial charge in [-0.15, -0.1) is 0 Å². The predicted molar refractivity (Wildman–Crippen MR) is 81.0 cm³/mol. The van der Waals surface area contributed by atoms with Crippen molar-refractivity contribution in [2.45, 2.75) is 46.5 Å². The van der Waals surface area contributed by atoms with E-state index in [0.29, 0.717) is 0 Å². The molecule has 0 saturated carbocycles. The van der Waals surface area contributed by atoms with Crippen molar-refractivity contribution in [2.75, 3.05) is 26.2 Å². The zero-order valence-corrected chi connectivity index (χ0v) is 13.0. The molecule has 1 aliphatic rings. The molecule has 1 unspecified atom stereocenters. The Morgan fingerprint density at radius 1 is 1.25 bits per heavy atom. The molecule has 0 aromatic heterocycles. The minimum Gasteiger partial charge on any atom is -0.369 e. The summed E-state index contributed by atoms with van der Waals surface area (Å²) in [4.78, 5) is 2.30. The zero-order chi connectivity index (χ0) is 15.0. The maximum Gasteiger partial charge on any atom is 0.242 e. The molecule has 1 N–H and O–H groups in total. The van der Waals surface area contributed by atoms with Crippen LogP contribution in [0.2, 0.25) is 0 Å². The van der Waals surface area contributed by atoms with E-state index in [2.05, 4.69) is 30.1 Å². The van der Waals surface area contributed by atoms with E-state index in [1.165, 1.54) is 0 Å². The second kappa shape index (κ2) is 9.11. The predicted octanol–water partition coefficient (Wildman–Crippen LogP) is 3.81. The van der Waals surface area contributed by atoms with Crippen molar-refractivity contribution < 1.29 is 8.78 Å². The van der Waals surface area contributed by atoms with Crippen molar-refractivity contribution in [1.82, 2.24) is 10.2 Å². The molecule has 1 rings (SSSR count). The van der Waals surface area contributed by atoms with Crippen molar-refractivity contribution in [3.8, 4) is 0 Å². The van der Waals surface area contributed by atoms with Gasteiger partial charge in [0.05, 0.1) is 0 Å². The monoisotopic (exact) mass is 286 g/mol. The first-order valence-electron chi connectivity index (χ1n) is 7.72. The Morgan fingerprint density at radius 2 is 1.90 bits per heavy atom. The van der Waals surface area contributed by atoms with Crippen molar-refractivity contribution >= 4 is 0 Å². The first-order chi connectivity index (χ1) is 9.58. The number of hydrogen-bond acceptors (Lipinski definition) is 2. The fourth-order valence-electron chi connectivity index (χ4n) is 2.44. The van der Waals surface area contributed by atoms with Crippen LogP contribution in [0.5, 0.6) is 0 Å². The topological polar surface area (TPSA) is 15.3 Å². The van der Waals surface area contributed by atoms with Gasteiger partial charge >= 0.3 is 0 Å². The van der Waals surface area contributed by atoms with Crippen LogP contribution >= 0.6 is 0 Å². The van der Waals surface area contributed by atoms with E-state index in [4.69, 9.17) is 0 Å². The summed E-state index contributed by atoms with van der Waals surface area (Å²) in [6.07, 6.45) is 3.62. The maximum atomic E-state index is 12.8. The molecule has 0 amide bonds. The molecular weight excluding hydrogens is 258 g/mol. The van der Waals surface area contributed by atoms with Gasteiger partial charge in [0.15, 0.2) is 0 Å². The van der Waals surface area contributed by atoms with Gasteiger partial charge in [-0.3, -0.25) is 0 Å². The third kappa shape index (κ3) is 5.61. The Bertz CT molecular complexity index is 331. The molecule has 4 heteroatoms. The van der Waals surface area contributed by atoms with Gasteiger partial charge in [0.1, 0.15) is 0 Å². The van der Waals surface area contributed by atoms with Gasteiger partial charge < -0.3 is 10.2 Å². The van der Waals surface area contributed by atoms with Gasteiger partial charge in [-0.05, 0) is 24.8 Å². The van der Waals surface area contributed by atoms with Crippen LogP contribution in [0.1, 0.15) is 40.0 Å². The highest BCUT2D eigenvalue weighted by molar-refractivity contribution is 5.25. The van der Waals surface area contributed by atoms with Crippen molar-refractivity contribution in [2.24, 2.45) is 5.92 Å². The van der Waals surface area contributed by atoms with Crippen molar-refractivity contribution in [3.05, 3.63) is 23.4 Å². The van der Waals surface area contributed by atoms with Gasteiger partial charge in [-0.25, -0.2) is 8.78 Å². The van der Waals surface area contributed by atoms with Crippen LogP contribution in [0.4, 0.5) is 8.78 Å². The zero-order valence-electron chi connectivity index (χ0n) is 13.0. The highest BCUT2D eigenvalue weighted by Gasteiger charge is 2.16. The normalized spacial score (nSPS) is 19.6. The molecule has 0 radical (unpaired) electrons.